The van der Waals surface area contributed by atoms with E-state index in [9.17, 15) is 4.79 Å². The molecule has 0 bridgehead atoms. The molecular weight excluding hydrogens is 236 g/mol. The van der Waals surface area contributed by atoms with Gasteiger partial charge in [0, 0.05) is 31.2 Å². The summed E-state index contributed by atoms with van der Waals surface area (Å²) < 4.78 is 0. The summed E-state index contributed by atoms with van der Waals surface area (Å²) in [4.78, 5) is 14.0. The SMILES string of the molecule is CCC(C)NC(=O)CCN(CC)c1cccc(C)c1. The third kappa shape index (κ3) is 5.33. The number of nitrogens with zero attached hydrogens (tertiary/aromatic N) is 1. The van der Waals surface area contributed by atoms with Crippen molar-refractivity contribution in [1.82, 2.24) is 5.32 Å². The Labute approximate surface area is 117 Å². The van der Waals surface area contributed by atoms with Gasteiger partial charge in [0.2, 0.25) is 5.91 Å². The molecule has 1 N–H and O–H groups in total. The van der Waals surface area contributed by atoms with E-state index in [1.807, 2.05) is 6.92 Å². The molecule has 0 aliphatic carbocycles. The molecule has 1 aromatic rings. The van der Waals surface area contributed by atoms with Crippen molar-refractivity contribution in [3.8, 4) is 0 Å². The van der Waals surface area contributed by atoms with Crippen molar-refractivity contribution >= 4 is 11.6 Å². The second kappa shape index (κ2) is 7.82. The van der Waals surface area contributed by atoms with Crippen LogP contribution in [0.2, 0.25) is 0 Å². The van der Waals surface area contributed by atoms with Gasteiger partial charge in [0.15, 0.2) is 0 Å². The van der Waals surface area contributed by atoms with Crippen LogP contribution in [0, 0.1) is 6.92 Å². The minimum atomic E-state index is 0.139. The van der Waals surface area contributed by atoms with Crippen molar-refractivity contribution < 1.29 is 4.79 Å². The molecule has 1 atom stereocenters. The van der Waals surface area contributed by atoms with E-state index in [1.165, 1.54) is 11.3 Å². The number of benzene rings is 1. The third-order valence-electron chi connectivity index (χ3n) is 3.38. The molecule has 0 aliphatic rings. The fraction of sp³-hybridized carbons (Fsp3) is 0.562. The van der Waals surface area contributed by atoms with Crippen molar-refractivity contribution in [2.45, 2.75) is 46.6 Å². The van der Waals surface area contributed by atoms with E-state index in [2.05, 4.69) is 55.3 Å². The Balaban J connectivity index is 2.51. The van der Waals surface area contributed by atoms with E-state index in [0.29, 0.717) is 6.42 Å². The van der Waals surface area contributed by atoms with Crippen LogP contribution in [-0.2, 0) is 4.79 Å². The second-order valence-electron chi connectivity index (χ2n) is 5.05. The average molecular weight is 262 g/mol. The second-order valence-corrected chi connectivity index (χ2v) is 5.05. The van der Waals surface area contributed by atoms with Crippen LogP contribution in [0.5, 0.6) is 0 Å². The van der Waals surface area contributed by atoms with Crippen LogP contribution in [0.4, 0.5) is 5.69 Å². The summed E-state index contributed by atoms with van der Waals surface area (Å²) in [6, 6.07) is 8.68. The molecule has 0 saturated carbocycles. The van der Waals surface area contributed by atoms with E-state index < -0.39 is 0 Å². The van der Waals surface area contributed by atoms with Gasteiger partial charge < -0.3 is 10.2 Å². The van der Waals surface area contributed by atoms with Crippen molar-refractivity contribution in [1.29, 1.82) is 0 Å². The molecule has 1 rings (SSSR count). The van der Waals surface area contributed by atoms with Gasteiger partial charge in [-0.05, 0) is 44.9 Å². The molecule has 1 aromatic carbocycles. The molecule has 0 saturated heterocycles. The van der Waals surface area contributed by atoms with Crippen LogP contribution in [0.25, 0.3) is 0 Å². The van der Waals surface area contributed by atoms with Crippen molar-refractivity contribution in [2.75, 3.05) is 18.0 Å². The Hall–Kier alpha value is -1.51. The van der Waals surface area contributed by atoms with Crippen molar-refractivity contribution in [3.63, 3.8) is 0 Å². The largest absolute Gasteiger partial charge is 0.371 e. The molecule has 106 valence electrons. The number of rotatable bonds is 7. The van der Waals surface area contributed by atoms with Gasteiger partial charge in [-0.1, -0.05) is 19.1 Å². The summed E-state index contributed by atoms with van der Waals surface area (Å²) in [6.45, 7) is 10.0. The predicted octanol–water partition coefficient (Wildman–Crippen LogP) is 3.13. The highest BCUT2D eigenvalue weighted by Crippen LogP contribution is 2.15. The summed E-state index contributed by atoms with van der Waals surface area (Å²) in [5.41, 5.74) is 2.44. The van der Waals surface area contributed by atoms with E-state index in [4.69, 9.17) is 0 Å². The summed E-state index contributed by atoms with van der Waals surface area (Å²) in [5.74, 6) is 0.139. The Morgan fingerprint density at radius 2 is 2.11 bits per heavy atom. The van der Waals surface area contributed by atoms with Gasteiger partial charge in [-0.3, -0.25) is 4.79 Å². The molecule has 0 radical (unpaired) electrons. The van der Waals surface area contributed by atoms with Crippen LogP contribution in [0.15, 0.2) is 24.3 Å². The molecule has 1 amide bonds. The van der Waals surface area contributed by atoms with Crippen molar-refractivity contribution in [2.24, 2.45) is 0 Å². The normalized spacial score (nSPS) is 12.0. The number of hydrogen-bond acceptors (Lipinski definition) is 2. The number of amides is 1. The topological polar surface area (TPSA) is 32.3 Å². The van der Waals surface area contributed by atoms with E-state index >= 15 is 0 Å². The van der Waals surface area contributed by atoms with Crippen LogP contribution in [-0.4, -0.2) is 25.0 Å². The van der Waals surface area contributed by atoms with Gasteiger partial charge >= 0.3 is 0 Å². The number of carbonyl (C=O) groups is 1. The lowest BCUT2D eigenvalue weighted by molar-refractivity contribution is -0.121. The standard InChI is InChI=1S/C16H26N2O/c1-5-14(4)17-16(19)10-11-18(6-2)15-9-7-8-13(3)12-15/h7-9,12,14H,5-6,10-11H2,1-4H3,(H,17,19). The first-order chi connectivity index (χ1) is 9.06. The lowest BCUT2D eigenvalue weighted by Crippen LogP contribution is -2.35. The maximum absolute atomic E-state index is 11.8. The van der Waals surface area contributed by atoms with E-state index in [1.54, 1.807) is 0 Å². The first-order valence-electron chi connectivity index (χ1n) is 7.17. The smallest absolute Gasteiger partial charge is 0.221 e. The Kier molecular flexibility index (Phi) is 6.40. The molecule has 19 heavy (non-hydrogen) atoms. The number of hydrogen-bond donors (Lipinski definition) is 1. The zero-order valence-corrected chi connectivity index (χ0v) is 12.6. The minimum Gasteiger partial charge on any atom is -0.371 e. The van der Waals surface area contributed by atoms with E-state index in [0.717, 1.165) is 19.5 Å². The highest BCUT2D eigenvalue weighted by molar-refractivity contribution is 5.76. The number of anilines is 1. The van der Waals surface area contributed by atoms with Gasteiger partial charge in [-0.2, -0.15) is 0 Å². The van der Waals surface area contributed by atoms with Gasteiger partial charge in [0.05, 0.1) is 0 Å². The zero-order chi connectivity index (χ0) is 14.3. The fourth-order valence-corrected chi connectivity index (χ4v) is 1.98. The molecule has 3 nitrogen and oxygen atoms in total. The maximum atomic E-state index is 11.8. The van der Waals surface area contributed by atoms with Gasteiger partial charge in [-0.25, -0.2) is 0 Å². The first kappa shape index (κ1) is 15.5. The molecule has 3 heteroatoms. The van der Waals surface area contributed by atoms with Crippen LogP contribution in [0.1, 0.15) is 39.2 Å². The monoisotopic (exact) mass is 262 g/mol. The highest BCUT2D eigenvalue weighted by atomic mass is 16.1. The lowest BCUT2D eigenvalue weighted by atomic mass is 10.2. The van der Waals surface area contributed by atoms with E-state index in [-0.39, 0.29) is 11.9 Å². The number of nitrogens with one attached hydrogen (secondary N) is 1. The highest BCUT2D eigenvalue weighted by Gasteiger charge is 2.09. The number of carbonyl (C=O) groups excluding carboxylic acids is 1. The summed E-state index contributed by atoms with van der Waals surface area (Å²) in [6.07, 6.45) is 1.52. The van der Waals surface area contributed by atoms with Crippen LogP contribution >= 0.6 is 0 Å². The minimum absolute atomic E-state index is 0.139. The summed E-state index contributed by atoms with van der Waals surface area (Å²) in [7, 11) is 0. The maximum Gasteiger partial charge on any atom is 0.221 e. The third-order valence-corrected chi connectivity index (χ3v) is 3.38. The Morgan fingerprint density at radius 1 is 1.37 bits per heavy atom. The van der Waals surface area contributed by atoms with Gasteiger partial charge in [0.25, 0.3) is 0 Å². The molecule has 0 heterocycles. The summed E-state index contributed by atoms with van der Waals surface area (Å²) >= 11 is 0. The molecule has 0 aromatic heterocycles. The van der Waals surface area contributed by atoms with Crippen LogP contribution < -0.4 is 10.2 Å². The Morgan fingerprint density at radius 3 is 2.68 bits per heavy atom. The van der Waals surface area contributed by atoms with Crippen LogP contribution in [0.3, 0.4) is 0 Å². The van der Waals surface area contributed by atoms with Gasteiger partial charge in [0.1, 0.15) is 0 Å². The molecule has 1 unspecified atom stereocenters. The average Bonchev–Trinajstić information content (AvgIpc) is 2.39. The fourth-order valence-electron chi connectivity index (χ4n) is 1.98. The lowest BCUT2D eigenvalue weighted by Gasteiger charge is -2.23. The quantitative estimate of drug-likeness (QED) is 0.819. The molecular formula is C16H26N2O. The molecule has 0 fully saturated rings. The van der Waals surface area contributed by atoms with Crippen molar-refractivity contribution in [3.05, 3.63) is 29.8 Å². The summed E-state index contributed by atoms with van der Waals surface area (Å²) in [5, 5.41) is 3.01. The molecule has 0 spiro atoms. The zero-order valence-electron chi connectivity index (χ0n) is 12.6. The van der Waals surface area contributed by atoms with Gasteiger partial charge in [-0.15, -0.1) is 0 Å². The number of aryl methyl sites for hydroxylation is 1. The molecule has 0 aliphatic heterocycles. The predicted molar refractivity (Wildman–Crippen MR) is 81.6 cm³/mol. The first-order valence-corrected chi connectivity index (χ1v) is 7.17. The Bertz CT molecular complexity index is 403.